The zero-order valence-corrected chi connectivity index (χ0v) is 11.6. The van der Waals surface area contributed by atoms with Crippen molar-refractivity contribution >= 4 is 24.1 Å². The van der Waals surface area contributed by atoms with Crippen molar-refractivity contribution in [2.24, 2.45) is 5.73 Å². The number of halogens is 1. The normalized spacial score (nSPS) is 13.3. The lowest BCUT2D eigenvalue weighted by Gasteiger charge is -2.27. The molecule has 102 valence electrons. The third-order valence-corrected chi connectivity index (χ3v) is 2.71. The van der Waals surface area contributed by atoms with E-state index in [4.69, 9.17) is 16.2 Å². The molecule has 1 atom stereocenters. The molecule has 1 unspecified atom stereocenters. The number of carbonyl (C=O) groups excluding carboxylic acids is 1. The second-order valence-corrected chi connectivity index (χ2v) is 4.18. The fraction of sp³-hybridized carbons (Fsp3) is 0.462. The first-order chi connectivity index (χ1) is 8.00. The van der Waals surface area contributed by atoms with Gasteiger partial charge in [0.15, 0.2) is 5.72 Å². The minimum atomic E-state index is -0.868. The zero-order valence-electron chi connectivity index (χ0n) is 10.8. The molecule has 0 amide bonds. The van der Waals surface area contributed by atoms with E-state index in [-0.39, 0.29) is 12.4 Å². The van der Waals surface area contributed by atoms with Gasteiger partial charge in [0, 0.05) is 12.1 Å². The Hall–Kier alpha value is -1.26. The van der Waals surface area contributed by atoms with Gasteiger partial charge >= 0.3 is 5.97 Å². The summed E-state index contributed by atoms with van der Waals surface area (Å²) in [7, 11) is 0. The highest BCUT2D eigenvalue weighted by Gasteiger charge is 2.26. The topological polar surface area (TPSA) is 78.3 Å². The highest BCUT2D eigenvalue weighted by Crippen LogP contribution is 2.18. The van der Waals surface area contributed by atoms with E-state index < -0.39 is 11.7 Å². The maximum Gasteiger partial charge on any atom is 0.339 e. The van der Waals surface area contributed by atoms with Crippen LogP contribution in [0.4, 0.5) is 5.69 Å². The number of benzene rings is 1. The second kappa shape index (κ2) is 7.24. The molecule has 0 spiro atoms. The van der Waals surface area contributed by atoms with Crippen LogP contribution in [-0.2, 0) is 4.74 Å². The SMILES string of the molecule is CCCC(N)(CC)OC(=O)c1ccc(N)cc1.Cl. The molecule has 0 radical (unpaired) electrons. The third kappa shape index (κ3) is 4.55. The molecule has 0 saturated heterocycles. The zero-order chi connectivity index (χ0) is 12.9. The predicted molar refractivity (Wildman–Crippen MR) is 75.6 cm³/mol. The number of nitrogens with two attached hydrogens (primary N) is 2. The van der Waals surface area contributed by atoms with Crippen LogP contribution < -0.4 is 11.5 Å². The molecule has 0 aromatic heterocycles. The lowest BCUT2D eigenvalue weighted by molar-refractivity contribution is -0.0222. The number of nitrogen functional groups attached to an aromatic ring is 1. The first kappa shape index (κ1) is 16.7. The first-order valence-corrected chi connectivity index (χ1v) is 5.88. The molecule has 0 fully saturated rings. The Kier molecular flexibility index (Phi) is 6.73. The fourth-order valence-corrected chi connectivity index (χ4v) is 1.59. The molecule has 0 saturated carbocycles. The molecule has 1 aromatic carbocycles. The Balaban J connectivity index is 0.00000289. The van der Waals surface area contributed by atoms with E-state index >= 15 is 0 Å². The van der Waals surface area contributed by atoms with Gasteiger partial charge in [-0.25, -0.2) is 4.79 Å². The van der Waals surface area contributed by atoms with Crippen molar-refractivity contribution in [1.29, 1.82) is 0 Å². The number of hydrogen-bond acceptors (Lipinski definition) is 4. The van der Waals surface area contributed by atoms with Crippen LogP contribution in [0.1, 0.15) is 43.5 Å². The monoisotopic (exact) mass is 272 g/mol. The molecule has 0 heterocycles. The van der Waals surface area contributed by atoms with E-state index in [0.717, 1.165) is 6.42 Å². The Labute approximate surface area is 114 Å². The number of ether oxygens (including phenoxy) is 1. The number of anilines is 1. The van der Waals surface area contributed by atoms with Gasteiger partial charge in [0.1, 0.15) is 0 Å². The summed E-state index contributed by atoms with van der Waals surface area (Å²) in [4.78, 5) is 11.9. The molecule has 0 aliphatic rings. The number of carbonyl (C=O) groups is 1. The maximum atomic E-state index is 11.9. The van der Waals surface area contributed by atoms with Crippen molar-refractivity contribution < 1.29 is 9.53 Å². The second-order valence-electron chi connectivity index (χ2n) is 4.18. The smallest absolute Gasteiger partial charge is 0.339 e. The summed E-state index contributed by atoms with van der Waals surface area (Å²) < 4.78 is 5.35. The number of hydrogen-bond donors (Lipinski definition) is 2. The van der Waals surface area contributed by atoms with E-state index in [1.165, 1.54) is 0 Å². The van der Waals surface area contributed by atoms with Crippen molar-refractivity contribution in [2.75, 3.05) is 5.73 Å². The van der Waals surface area contributed by atoms with E-state index in [9.17, 15) is 4.79 Å². The van der Waals surface area contributed by atoms with Crippen LogP contribution in [0.2, 0.25) is 0 Å². The van der Waals surface area contributed by atoms with Crippen LogP contribution >= 0.6 is 12.4 Å². The van der Waals surface area contributed by atoms with Crippen LogP contribution in [0, 0.1) is 0 Å². The maximum absolute atomic E-state index is 11.9. The van der Waals surface area contributed by atoms with Crippen molar-refractivity contribution in [2.45, 2.75) is 38.8 Å². The van der Waals surface area contributed by atoms with Gasteiger partial charge in [-0.05, 0) is 30.7 Å². The van der Waals surface area contributed by atoms with E-state index in [1.807, 2.05) is 13.8 Å². The highest BCUT2D eigenvalue weighted by molar-refractivity contribution is 5.90. The lowest BCUT2D eigenvalue weighted by Crippen LogP contribution is -2.43. The largest absolute Gasteiger partial charge is 0.441 e. The van der Waals surface area contributed by atoms with Crippen LogP contribution in [0.5, 0.6) is 0 Å². The van der Waals surface area contributed by atoms with Crippen molar-refractivity contribution in [3.8, 4) is 0 Å². The lowest BCUT2D eigenvalue weighted by atomic mass is 10.1. The van der Waals surface area contributed by atoms with Crippen LogP contribution in [0.3, 0.4) is 0 Å². The minimum Gasteiger partial charge on any atom is -0.441 e. The summed E-state index contributed by atoms with van der Waals surface area (Å²) in [5, 5.41) is 0. The van der Waals surface area contributed by atoms with Crippen LogP contribution in [0.15, 0.2) is 24.3 Å². The summed E-state index contributed by atoms with van der Waals surface area (Å²) >= 11 is 0. The summed E-state index contributed by atoms with van der Waals surface area (Å²) in [6.07, 6.45) is 2.13. The van der Waals surface area contributed by atoms with Crippen LogP contribution in [0.25, 0.3) is 0 Å². The molecule has 0 bridgehead atoms. The van der Waals surface area contributed by atoms with Gasteiger partial charge in [-0.1, -0.05) is 20.3 Å². The van der Waals surface area contributed by atoms with Gasteiger partial charge in [0.2, 0.25) is 0 Å². The Morgan fingerprint density at radius 1 is 1.28 bits per heavy atom. The summed E-state index contributed by atoms with van der Waals surface area (Å²) in [6, 6.07) is 6.61. The number of esters is 1. The average Bonchev–Trinajstić information content (AvgIpc) is 2.30. The Morgan fingerprint density at radius 3 is 2.28 bits per heavy atom. The van der Waals surface area contributed by atoms with Gasteiger partial charge in [0.05, 0.1) is 5.56 Å². The van der Waals surface area contributed by atoms with Crippen molar-refractivity contribution in [3.05, 3.63) is 29.8 Å². The Morgan fingerprint density at radius 2 is 1.83 bits per heavy atom. The standard InChI is InChI=1S/C13H20N2O2.ClH/c1-3-9-13(15,4-2)17-12(16)10-5-7-11(14)8-6-10;/h5-8H,3-4,9,14-15H2,1-2H3;1H. The van der Waals surface area contributed by atoms with E-state index in [0.29, 0.717) is 24.1 Å². The fourth-order valence-electron chi connectivity index (χ4n) is 1.59. The van der Waals surface area contributed by atoms with Gasteiger partial charge in [-0.3, -0.25) is 5.73 Å². The highest BCUT2D eigenvalue weighted by atomic mass is 35.5. The molecular formula is C13H21ClN2O2. The Bertz CT molecular complexity index is 381. The van der Waals surface area contributed by atoms with Gasteiger partial charge in [-0.2, -0.15) is 0 Å². The average molecular weight is 273 g/mol. The summed E-state index contributed by atoms with van der Waals surface area (Å²) in [5.41, 5.74) is 11.8. The molecule has 1 aromatic rings. The third-order valence-electron chi connectivity index (χ3n) is 2.71. The van der Waals surface area contributed by atoms with Gasteiger partial charge in [-0.15, -0.1) is 12.4 Å². The molecule has 5 heteroatoms. The molecule has 0 aliphatic carbocycles. The minimum absolute atomic E-state index is 0. The molecular weight excluding hydrogens is 252 g/mol. The van der Waals surface area contributed by atoms with Gasteiger partial charge < -0.3 is 10.5 Å². The summed E-state index contributed by atoms with van der Waals surface area (Å²) in [6.45, 7) is 3.92. The molecule has 4 N–H and O–H groups in total. The number of rotatable bonds is 5. The first-order valence-electron chi connectivity index (χ1n) is 5.88. The van der Waals surface area contributed by atoms with E-state index in [1.54, 1.807) is 24.3 Å². The van der Waals surface area contributed by atoms with Crippen molar-refractivity contribution in [3.63, 3.8) is 0 Å². The predicted octanol–water partition coefficient (Wildman–Crippen LogP) is 2.71. The molecule has 0 aliphatic heterocycles. The van der Waals surface area contributed by atoms with Crippen LogP contribution in [-0.4, -0.2) is 11.7 Å². The van der Waals surface area contributed by atoms with Gasteiger partial charge in [0.25, 0.3) is 0 Å². The molecule has 4 nitrogen and oxygen atoms in total. The molecule has 1 rings (SSSR count). The quantitative estimate of drug-likeness (QED) is 0.491. The molecule has 18 heavy (non-hydrogen) atoms. The van der Waals surface area contributed by atoms with E-state index in [2.05, 4.69) is 0 Å². The van der Waals surface area contributed by atoms with Crippen molar-refractivity contribution in [1.82, 2.24) is 0 Å². The summed E-state index contributed by atoms with van der Waals surface area (Å²) in [5.74, 6) is -0.400.